The van der Waals surface area contributed by atoms with E-state index in [4.69, 9.17) is 4.74 Å². The van der Waals surface area contributed by atoms with Crippen LogP contribution in [0.4, 0.5) is 0 Å². The Labute approximate surface area is 98.0 Å². The lowest BCUT2D eigenvalue weighted by molar-refractivity contribution is 0.198. The van der Waals surface area contributed by atoms with E-state index in [0.717, 1.165) is 25.6 Å². The predicted molar refractivity (Wildman–Crippen MR) is 66.6 cm³/mol. The Hall–Kier alpha value is -0.860. The molecule has 1 fully saturated rings. The minimum Gasteiger partial charge on any atom is -0.383 e. The molecule has 0 bridgehead atoms. The van der Waals surface area contributed by atoms with E-state index in [1.165, 1.54) is 12.0 Å². The third-order valence-corrected chi connectivity index (χ3v) is 3.73. The van der Waals surface area contributed by atoms with Crippen molar-refractivity contribution < 1.29 is 4.74 Å². The highest BCUT2D eigenvalue weighted by Gasteiger charge is 2.51. The molecule has 16 heavy (non-hydrogen) atoms. The van der Waals surface area contributed by atoms with Crippen molar-refractivity contribution in [1.82, 2.24) is 5.32 Å². The standard InChI is InChI=1S/C14H21NO/c1-12-10-14(12,11-15-8-9-16-2)13-6-4-3-5-7-13/h3-7,12,15H,8-11H2,1-2H3. The highest BCUT2D eigenvalue weighted by molar-refractivity contribution is 5.33. The average molecular weight is 219 g/mol. The zero-order valence-electron chi connectivity index (χ0n) is 10.2. The Morgan fingerprint density at radius 1 is 1.38 bits per heavy atom. The van der Waals surface area contributed by atoms with E-state index in [2.05, 4.69) is 42.6 Å². The number of rotatable bonds is 6. The van der Waals surface area contributed by atoms with E-state index in [1.54, 1.807) is 7.11 Å². The molecule has 2 atom stereocenters. The summed E-state index contributed by atoms with van der Waals surface area (Å²) in [6.07, 6.45) is 1.30. The van der Waals surface area contributed by atoms with Gasteiger partial charge in [0.15, 0.2) is 0 Å². The van der Waals surface area contributed by atoms with Crippen LogP contribution in [0.1, 0.15) is 18.9 Å². The fourth-order valence-corrected chi connectivity index (χ4v) is 2.49. The molecule has 0 aliphatic heterocycles. The molecule has 2 heteroatoms. The smallest absolute Gasteiger partial charge is 0.0587 e. The molecule has 0 spiro atoms. The SMILES string of the molecule is COCCNCC1(c2ccccc2)CC1C. The second-order valence-corrected chi connectivity index (χ2v) is 4.80. The maximum atomic E-state index is 5.05. The van der Waals surface area contributed by atoms with E-state index in [0.29, 0.717) is 5.41 Å². The zero-order valence-corrected chi connectivity index (χ0v) is 10.2. The summed E-state index contributed by atoms with van der Waals surface area (Å²) in [5.74, 6) is 0.796. The summed E-state index contributed by atoms with van der Waals surface area (Å²) in [6, 6.07) is 10.9. The van der Waals surface area contributed by atoms with Gasteiger partial charge >= 0.3 is 0 Å². The first-order valence-corrected chi connectivity index (χ1v) is 6.05. The second kappa shape index (κ2) is 4.98. The molecule has 2 rings (SSSR count). The molecule has 88 valence electrons. The van der Waals surface area contributed by atoms with E-state index < -0.39 is 0 Å². The summed E-state index contributed by atoms with van der Waals surface area (Å²) < 4.78 is 5.05. The molecule has 0 saturated heterocycles. The molecule has 1 aromatic rings. The Balaban J connectivity index is 1.94. The van der Waals surface area contributed by atoms with Gasteiger partial charge in [0.05, 0.1) is 6.61 Å². The van der Waals surface area contributed by atoms with Crippen molar-refractivity contribution in [1.29, 1.82) is 0 Å². The highest BCUT2D eigenvalue weighted by atomic mass is 16.5. The van der Waals surface area contributed by atoms with E-state index in [1.807, 2.05) is 0 Å². The molecule has 0 aromatic heterocycles. The Bertz CT molecular complexity index is 325. The van der Waals surface area contributed by atoms with Crippen LogP contribution >= 0.6 is 0 Å². The number of nitrogens with one attached hydrogen (secondary N) is 1. The van der Waals surface area contributed by atoms with Crippen molar-refractivity contribution in [2.75, 3.05) is 26.8 Å². The quantitative estimate of drug-likeness (QED) is 0.741. The van der Waals surface area contributed by atoms with Crippen molar-refractivity contribution in [2.24, 2.45) is 5.92 Å². The first kappa shape index (κ1) is 11.6. The molecule has 1 aliphatic carbocycles. The van der Waals surface area contributed by atoms with E-state index >= 15 is 0 Å². The van der Waals surface area contributed by atoms with Gasteiger partial charge in [-0.05, 0) is 17.9 Å². The third-order valence-electron chi connectivity index (χ3n) is 3.73. The van der Waals surface area contributed by atoms with E-state index in [9.17, 15) is 0 Å². The Kier molecular flexibility index (Phi) is 3.62. The summed E-state index contributed by atoms with van der Waals surface area (Å²) >= 11 is 0. The first-order valence-electron chi connectivity index (χ1n) is 6.05. The lowest BCUT2D eigenvalue weighted by atomic mass is 9.93. The van der Waals surface area contributed by atoms with Crippen LogP contribution in [0.5, 0.6) is 0 Å². The van der Waals surface area contributed by atoms with Gasteiger partial charge in [0.1, 0.15) is 0 Å². The maximum absolute atomic E-state index is 5.05. The van der Waals surface area contributed by atoms with Crippen LogP contribution in [0.25, 0.3) is 0 Å². The molecular formula is C14H21NO. The van der Waals surface area contributed by atoms with Gasteiger partial charge in [-0.15, -0.1) is 0 Å². The molecule has 1 aliphatic rings. The van der Waals surface area contributed by atoms with Gasteiger partial charge in [0.25, 0.3) is 0 Å². The fraction of sp³-hybridized carbons (Fsp3) is 0.571. The molecule has 1 aromatic carbocycles. The molecule has 0 amide bonds. The topological polar surface area (TPSA) is 21.3 Å². The van der Waals surface area contributed by atoms with Crippen LogP contribution < -0.4 is 5.32 Å². The number of hydrogen-bond donors (Lipinski definition) is 1. The average Bonchev–Trinajstić information content (AvgIpc) is 2.98. The maximum Gasteiger partial charge on any atom is 0.0587 e. The lowest BCUT2D eigenvalue weighted by Crippen LogP contribution is -2.30. The summed E-state index contributed by atoms with van der Waals surface area (Å²) in [6.45, 7) is 5.14. The summed E-state index contributed by atoms with van der Waals surface area (Å²) in [4.78, 5) is 0. The van der Waals surface area contributed by atoms with Crippen molar-refractivity contribution >= 4 is 0 Å². The van der Waals surface area contributed by atoms with Crippen LogP contribution in [0.3, 0.4) is 0 Å². The summed E-state index contributed by atoms with van der Waals surface area (Å²) in [5, 5.41) is 3.49. The Morgan fingerprint density at radius 3 is 2.62 bits per heavy atom. The summed E-state index contributed by atoms with van der Waals surface area (Å²) in [5.41, 5.74) is 1.86. The molecule has 0 radical (unpaired) electrons. The van der Waals surface area contributed by atoms with Gasteiger partial charge in [0.2, 0.25) is 0 Å². The van der Waals surface area contributed by atoms with Gasteiger partial charge in [-0.25, -0.2) is 0 Å². The van der Waals surface area contributed by atoms with Crippen LogP contribution in [0, 0.1) is 5.92 Å². The zero-order chi connectivity index (χ0) is 11.4. The van der Waals surface area contributed by atoms with Crippen LogP contribution in [-0.4, -0.2) is 26.8 Å². The van der Waals surface area contributed by atoms with Crippen molar-refractivity contribution in [2.45, 2.75) is 18.8 Å². The summed E-state index contributed by atoms with van der Waals surface area (Å²) in [7, 11) is 1.74. The molecule has 1 saturated carbocycles. The van der Waals surface area contributed by atoms with E-state index in [-0.39, 0.29) is 0 Å². The van der Waals surface area contributed by atoms with Gasteiger partial charge in [-0.2, -0.15) is 0 Å². The first-order chi connectivity index (χ1) is 7.79. The molecule has 0 heterocycles. The lowest BCUT2D eigenvalue weighted by Gasteiger charge is -2.18. The van der Waals surface area contributed by atoms with Crippen molar-refractivity contribution in [3.63, 3.8) is 0 Å². The van der Waals surface area contributed by atoms with Gasteiger partial charge in [0, 0.05) is 25.6 Å². The minimum absolute atomic E-state index is 0.384. The van der Waals surface area contributed by atoms with Crippen molar-refractivity contribution in [3.8, 4) is 0 Å². The number of benzene rings is 1. The molecular weight excluding hydrogens is 198 g/mol. The number of ether oxygens (including phenoxy) is 1. The Morgan fingerprint density at radius 2 is 2.06 bits per heavy atom. The minimum atomic E-state index is 0.384. The van der Waals surface area contributed by atoms with Gasteiger partial charge in [-0.1, -0.05) is 37.3 Å². The molecule has 1 N–H and O–H groups in total. The molecule has 2 nitrogen and oxygen atoms in total. The number of hydrogen-bond acceptors (Lipinski definition) is 2. The monoisotopic (exact) mass is 219 g/mol. The normalized spacial score (nSPS) is 28.0. The number of methoxy groups -OCH3 is 1. The van der Waals surface area contributed by atoms with Crippen molar-refractivity contribution in [3.05, 3.63) is 35.9 Å². The largest absolute Gasteiger partial charge is 0.383 e. The van der Waals surface area contributed by atoms with Crippen LogP contribution in [-0.2, 0) is 10.2 Å². The third kappa shape index (κ3) is 2.28. The highest BCUT2D eigenvalue weighted by Crippen LogP contribution is 2.53. The van der Waals surface area contributed by atoms with Gasteiger partial charge in [-0.3, -0.25) is 0 Å². The van der Waals surface area contributed by atoms with Crippen LogP contribution in [0.2, 0.25) is 0 Å². The predicted octanol–water partition coefficient (Wildman–Crippen LogP) is 2.20. The van der Waals surface area contributed by atoms with Crippen LogP contribution in [0.15, 0.2) is 30.3 Å². The fourth-order valence-electron chi connectivity index (χ4n) is 2.49. The van der Waals surface area contributed by atoms with Gasteiger partial charge < -0.3 is 10.1 Å². The molecule has 2 unspecified atom stereocenters. The second-order valence-electron chi connectivity index (χ2n) is 4.80.